The van der Waals surface area contributed by atoms with Crippen LogP contribution in [-0.4, -0.2) is 55.8 Å². The SMILES string of the molecule is CCCc1nc2c(C)cc(C(=O)N[C@H](Cc3ccc(C)cc3)CN(O)C=O)cc2n1Cc1cccc(-c2ccccc2)c1C(=O)O. The summed E-state index contributed by atoms with van der Waals surface area (Å²) in [5, 5.41) is 23.8. The highest BCUT2D eigenvalue weighted by Crippen LogP contribution is 2.30. The van der Waals surface area contributed by atoms with Crippen molar-refractivity contribution in [3.8, 4) is 11.1 Å². The van der Waals surface area contributed by atoms with Gasteiger partial charge in [0, 0.05) is 12.0 Å². The van der Waals surface area contributed by atoms with Crippen LogP contribution in [0, 0.1) is 13.8 Å². The van der Waals surface area contributed by atoms with Gasteiger partial charge in [-0.15, -0.1) is 0 Å². The Balaban J connectivity index is 1.53. The molecule has 1 heterocycles. The Morgan fingerprint density at radius 1 is 1.00 bits per heavy atom. The molecule has 0 fully saturated rings. The van der Waals surface area contributed by atoms with Gasteiger partial charge in [0.1, 0.15) is 5.82 Å². The number of nitrogens with one attached hydrogen (secondary N) is 1. The van der Waals surface area contributed by atoms with Crippen molar-refractivity contribution in [1.82, 2.24) is 19.9 Å². The van der Waals surface area contributed by atoms with E-state index in [1.54, 1.807) is 12.1 Å². The van der Waals surface area contributed by atoms with Crippen molar-refractivity contribution in [3.05, 3.63) is 124 Å². The van der Waals surface area contributed by atoms with Gasteiger partial charge in [0.05, 0.1) is 35.7 Å². The highest BCUT2D eigenvalue weighted by Gasteiger charge is 2.22. The van der Waals surface area contributed by atoms with Crippen molar-refractivity contribution in [2.24, 2.45) is 0 Å². The Bertz CT molecular complexity index is 1870. The van der Waals surface area contributed by atoms with E-state index in [2.05, 4.69) is 12.2 Å². The molecule has 5 aromatic rings. The zero-order valence-corrected chi connectivity index (χ0v) is 26.2. The number of imidazole rings is 1. The van der Waals surface area contributed by atoms with Gasteiger partial charge in [0.15, 0.2) is 0 Å². The molecule has 3 N–H and O–H groups in total. The summed E-state index contributed by atoms with van der Waals surface area (Å²) in [5.41, 5.74) is 7.04. The molecule has 0 saturated heterocycles. The molecule has 0 unspecified atom stereocenters. The maximum atomic E-state index is 13.7. The van der Waals surface area contributed by atoms with Crippen LogP contribution in [0.5, 0.6) is 0 Å². The number of rotatable bonds is 13. The van der Waals surface area contributed by atoms with E-state index in [1.807, 2.05) is 91.2 Å². The predicted molar refractivity (Wildman–Crippen MR) is 177 cm³/mol. The summed E-state index contributed by atoms with van der Waals surface area (Å²) in [6.07, 6.45) is 2.23. The highest BCUT2D eigenvalue weighted by molar-refractivity contribution is 5.99. The predicted octanol–water partition coefficient (Wildman–Crippen LogP) is 6.21. The van der Waals surface area contributed by atoms with Gasteiger partial charge in [0.25, 0.3) is 5.91 Å². The maximum absolute atomic E-state index is 13.7. The number of hydrogen-bond acceptors (Lipinski definition) is 5. The molecule has 0 spiro atoms. The molecule has 0 aliphatic rings. The first-order valence-electron chi connectivity index (χ1n) is 15.4. The molecule has 46 heavy (non-hydrogen) atoms. The maximum Gasteiger partial charge on any atom is 0.336 e. The second-order valence-electron chi connectivity index (χ2n) is 11.6. The number of hydroxylamine groups is 2. The fourth-order valence-corrected chi connectivity index (χ4v) is 5.88. The van der Waals surface area contributed by atoms with Gasteiger partial charge in [-0.3, -0.25) is 14.8 Å². The molecule has 0 bridgehead atoms. The summed E-state index contributed by atoms with van der Waals surface area (Å²) in [6.45, 7) is 6.12. The normalized spacial score (nSPS) is 11.7. The molecule has 1 atom stereocenters. The lowest BCUT2D eigenvalue weighted by Gasteiger charge is -2.22. The zero-order chi connectivity index (χ0) is 32.8. The van der Waals surface area contributed by atoms with Gasteiger partial charge in [-0.2, -0.15) is 0 Å². The Morgan fingerprint density at radius 2 is 1.74 bits per heavy atom. The number of carbonyl (C=O) groups excluding carboxylic acids is 2. The number of benzene rings is 4. The lowest BCUT2D eigenvalue weighted by molar-refractivity contribution is -0.150. The summed E-state index contributed by atoms with van der Waals surface area (Å²) < 4.78 is 2.00. The van der Waals surface area contributed by atoms with E-state index in [9.17, 15) is 24.7 Å². The fraction of sp³-hybridized carbons (Fsp3) is 0.243. The van der Waals surface area contributed by atoms with Gasteiger partial charge >= 0.3 is 5.97 Å². The minimum absolute atomic E-state index is 0.0847. The summed E-state index contributed by atoms with van der Waals surface area (Å²) in [4.78, 5) is 42.5. The summed E-state index contributed by atoms with van der Waals surface area (Å²) in [7, 11) is 0. The van der Waals surface area contributed by atoms with E-state index < -0.39 is 12.0 Å². The van der Waals surface area contributed by atoms with Crippen LogP contribution in [-0.2, 0) is 24.2 Å². The highest BCUT2D eigenvalue weighted by atomic mass is 16.5. The minimum atomic E-state index is -1.01. The lowest BCUT2D eigenvalue weighted by Crippen LogP contribution is -2.44. The molecular weight excluding hydrogens is 580 g/mol. The Hall–Kier alpha value is -5.28. The third kappa shape index (κ3) is 7.16. The second kappa shape index (κ2) is 14.2. The van der Waals surface area contributed by atoms with E-state index in [0.717, 1.165) is 45.5 Å². The second-order valence-corrected chi connectivity index (χ2v) is 11.6. The fourth-order valence-electron chi connectivity index (χ4n) is 5.88. The number of fused-ring (bicyclic) bond motifs is 1. The molecule has 0 aliphatic heterocycles. The van der Waals surface area contributed by atoms with Crippen LogP contribution in [0.15, 0.2) is 84.9 Å². The molecule has 0 aliphatic carbocycles. The monoisotopic (exact) mass is 618 g/mol. The first-order valence-corrected chi connectivity index (χ1v) is 15.4. The first-order chi connectivity index (χ1) is 22.2. The number of aryl methyl sites for hydroxylation is 3. The number of amides is 2. The molecule has 0 saturated carbocycles. The summed E-state index contributed by atoms with van der Waals surface area (Å²) >= 11 is 0. The average molecular weight is 619 g/mol. The smallest absolute Gasteiger partial charge is 0.336 e. The Morgan fingerprint density at radius 3 is 2.41 bits per heavy atom. The first kappa shape index (κ1) is 32.1. The number of aromatic carboxylic acids is 1. The lowest BCUT2D eigenvalue weighted by atomic mass is 9.95. The minimum Gasteiger partial charge on any atom is -0.478 e. The van der Waals surface area contributed by atoms with Crippen LogP contribution in [0.25, 0.3) is 22.2 Å². The van der Waals surface area contributed by atoms with Crippen LogP contribution in [0.1, 0.15) is 62.1 Å². The molecule has 9 heteroatoms. The molecule has 5 rings (SSSR count). The van der Waals surface area contributed by atoms with Crippen LogP contribution < -0.4 is 5.32 Å². The molecule has 0 radical (unpaired) electrons. The standard InChI is InChI=1S/C37H38N4O5/c1-4-9-33-39-35-25(3)18-29(36(43)38-30(22-40(46)23-42)19-26-16-14-24(2)15-17-26)20-32(35)41(33)21-28-12-8-13-31(34(28)37(44)45)27-10-6-5-7-11-27/h5-8,10-18,20,23,30,46H,4,9,19,21-22H2,1-3H3,(H,38,43)(H,44,45)/t30-/m1/s1. The molecule has 4 aromatic carbocycles. The van der Waals surface area contributed by atoms with Gasteiger partial charge in [0.2, 0.25) is 6.41 Å². The summed E-state index contributed by atoms with van der Waals surface area (Å²) in [6, 6.07) is 25.8. The van der Waals surface area contributed by atoms with E-state index in [-0.39, 0.29) is 24.6 Å². The van der Waals surface area contributed by atoms with Crippen molar-refractivity contribution in [1.29, 1.82) is 0 Å². The number of carboxylic acids is 1. The van der Waals surface area contributed by atoms with Crippen LogP contribution in [0.3, 0.4) is 0 Å². The molecular formula is C37H38N4O5. The van der Waals surface area contributed by atoms with Crippen LogP contribution in [0.4, 0.5) is 0 Å². The number of carbonyl (C=O) groups is 3. The van der Waals surface area contributed by atoms with E-state index in [4.69, 9.17) is 4.98 Å². The van der Waals surface area contributed by atoms with Crippen molar-refractivity contribution < 1.29 is 24.7 Å². The molecule has 1 aromatic heterocycles. The summed E-state index contributed by atoms with van der Waals surface area (Å²) in [5.74, 6) is -0.567. The molecule has 2 amide bonds. The zero-order valence-electron chi connectivity index (χ0n) is 26.2. The van der Waals surface area contributed by atoms with E-state index in [0.29, 0.717) is 41.0 Å². The third-order valence-electron chi connectivity index (χ3n) is 8.10. The van der Waals surface area contributed by atoms with Gasteiger partial charge < -0.3 is 15.0 Å². The van der Waals surface area contributed by atoms with E-state index >= 15 is 0 Å². The topological polar surface area (TPSA) is 125 Å². The molecule has 236 valence electrons. The van der Waals surface area contributed by atoms with Crippen molar-refractivity contribution in [3.63, 3.8) is 0 Å². The average Bonchev–Trinajstić information content (AvgIpc) is 3.39. The number of nitrogens with zero attached hydrogens (tertiary/aromatic N) is 3. The Labute approximate surface area is 268 Å². The van der Waals surface area contributed by atoms with E-state index in [1.165, 1.54) is 0 Å². The van der Waals surface area contributed by atoms with Gasteiger partial charge in [-0.05, 0) is 66.6 Å². The van der Waals surface area contributed by atoms with Gasteiger partial charge in [-0.25, -0.2) is 14.8 Å². The quantitative estimate of drug-likeness (QED) is 0.0819. The van der Waals surface area contributed by atoms with Crippen molar-refractivity contribution in [2.75, 3.05) is 6.54 Å². The van der Waals surface area contributed by atoms with Crippen molar-refractivity contribution >= 4 is 29.3 Å². The van der Waals surface area contributed by atoms with Crippen LogP contribution in [0.2, 0.25) is 0 Å². The molecule has 9 nitrogen and oxygen atoms in total. The number of aromatic nitrogens is 2. The van der Waals surface area contributed by atoms with Crippen molar-refractivity contribution in [2.45, 2.75) is 52.6 Å². The number of carboxylic acid groups (broad SMARTS) is 1. The Kier molecular flexibility index (Phi) is 9.93. The largest absolute Gasteiger partial charge is 0.478 e. The number of hydrogen-bond donors (Lipinski definition) is 3. The third-order valence-corrected chi connectivity index (χ3v) is 8.10. The van der Waals surface area contributed by atoms with Crippen LogP contribution >= 0.6 is 0 Å². The van der Waals surface area contributed by atoms with Gasteiger partial charge in [-0.1, -0.05) is 85.3 Å².